The molecule has 2 aromatic rings. The number of amides is 1. The van der Waals surface area contributed by atoms with Crippen LogP contribution in [0.15, 0.2) is 47.4 Å². The van der Waals surface area contributed by atoms with E-state index in [1.54, 1.807) is 12.1 Å². The van der Waals surface area contributed by atoms with Crippen molar-refractivity contribution >= 4 is 16.1 Å². The first kappa shape index (κ1) is 25.7. The molecule has 1 N–H and O–H groups in total. The third-order valence-corrected chi connectivity index (χ3v) is 5.29. The Balaban J connectivity index is 2.24. The monoisotopic (exact) mass is 499 g/mol. The summed E-state index contributed by atoms with van der Waals surface area (Å²) in [5.74, 6) is -1.96. The van der Waals surface area contributed by atoms with Crippen molar-refractivity contribution in [2.24, 2.45) is 0 Å². The van der Waals surface area contributed by atoms with Crippen LogP contribution < -0.4 is 10.1 Å². The molecule has 0 fully saturated rings. The van der Waals surface area contributed by atoms with Crippen LogP contribution in [-0.2, 0) is 6.18 Å². The Labute approximate surface area is 181 Å². The quantitative estimate of drug-likeness (QED) is 0.471. The first-order valence-corrected chi connectivity index (χ1v) is 10.6. The molecule has 0 saturated carbocycles. The van der Waals surface area contributed by atoms with Crippen LogP contribution in [0.25, 0.3) is 0 Å². The molecule has 1 amide bonds. The summed E-state index contributed by atoms with van der Waals surface area (Å²) >= 11 is 0. The van der Waals surface area contributed by atoms with Crippen LogP contribution in [0.5, 0.6) is 5.75 Å². The number of nitrogens with zero attached hydrogens (tertiary/aromatic N) is 2. The molecule has 0 aromatic heterocycles. The van der Waals surface area contributed by atoms with E-state index in [1.807, 2.05) is 0 Å². The molecule has 178 valence electrons. The van der Waals surface area contributed by atoms with Gasteiger partial charge in [-0.25, -0.2) is 0 Å². The molecule has 1 atom stereocenters. The third-order valence-electron chi connectivity index (χ3n) is 4.13. The standard InChI is InChI=1S/C19H13F8N3O2S/c1-18(10-29,11-32-16-8-12(9-28)2-7-15(16)19(20,21)22)30-17(31)13-3-5-14(6-4-13)33(23,24,25,26)27/h2-8H,11H2,1H3,(H,30,31). The summed E-state index contributed by atoms with van der Waals surface area (Å²) in [5.41, 5.74) is -3.93. The average Bonchev–Trinajstić information content (AvgIpc) is 2.69. The van der Waals surface area contributed by atoms with Gasteiger partial charge in [0, 0.05) is 5.56 Å². The number of nitrogens with one attached hydrogen (secondary N) is 1. The zero-order valence-electron chi connectivity index (χ0n) is 16.4. The van der Waals surface area contributed by atoms with E-state index in [4.69, 9.17) is 10.00 Å². The van der Waals surface area contributed by atoms with Gasteiger partial charge in [0.25, 0.3) is 5.91 Å². The molecule has 33 heavy (non-hydrogen) atoms. The van der Waals surface area contributed by atoms with Crippen molar-refractivity contribution in [2.75, 3.05) is 6.61 Å². The van der Waals surface area contributed by atoms with Crippen molar-refractivity contribution in [3.63, 3.8) is 0 Å². The van der Waals surface area contributed by atoms with Gasteiger partial charge in [0.2, 0.25) is 0 Å². The molecule has 1 unspecified atom stereocenters. The molecule has 0 spiro atoms. The van der Waals surface area contributed by atoms with E-state index in [1.165, 1.54) is 0 Å². The minimum Gasteiger partial charge on any atom is -0.489 e. The highest BCUT2D eigenvalue weighted by molar-refractivity contribution is 8.45. The van der Waals surface area contributed by atoms with Crippen LogP contribution in [0, 0.1) is 22.7 Å². The van der Waals surface area contributed by atoms with Crippen LogP contribution in [0.4, 0.5) is 32.6 Å². The van der Waals surface area contributed by atoms with Gasteiger partial charge in [-0.15, -0.1) is 0 Å². The summed E-state index contributed by atoms with van der Waals surface area (Å²) < 4.78 is 108. The highest BCUT2D eigenvalue weighted by atomic mass is 32.5. The fourth-order valence-electron chi connectivity index (χ4n) is 2.45. The molecule has 0 bridgehead atoms. The molecule has 0 radical (unpaired) electrons. The SMILES string of the molecule is CC(C#N)(COc1cc(C#N)ccc1C(F)(F)F)NC(=O)c1ccc(S(F)(F)(F)(F)F)cc1. The average molecular weight is 499 g/mol. The number of halogens is 8. The fraction of sp³-hybridized carbons (Fsp3) is 0.211. The van der Waals surface area contributed by atoms with E-state index in [2.05, 4.69) is 5.32 Å². The number of carbonyl (C=O) groups excluding carboxylic acids is 1. The molecule has 0 aliphatic heterocycles. The molecular formula is C19H13F8N3O2S. The summed E-state index contributed by atoms with van der Waals surface area (Å²) in [6, 6.07) is 6.39. The zero-order valence-corrected chi connectivity index (χ0v) is 17.2. The Hall–Kier alpha value is -3.52. The number of hydrogen-bond acceptors (Lipinski definition) is 4. The number of carbonyl (C=O) groups is 1. The minimum absolute atomic E-state index is 0.000319. The van der Waals surface area contributed by atoms with Crippen LogP contribution >= 0.6 is 10.2 Å². The van der Waals surface area contributed by atoms with Crippen molar-refractivity contribution < 1.29 is 42.1 Å². The lowest BCUT2D eigenvalue weighted by molar-refractivity contribution is -0.139. The smallest absolute Gasteiger partial charge is 0.419 e. The number of alkyl halides is 3. The zero-order chi connectivity index (χ0) is 25.4. The number of rotatable bonds is 6. The fourth-order valence-corrected chi connectivity index (χ4v) is 3.10. The van der Waals surface area contributed by atoms with Crippen LogP contribution in [0.3, 0.4) is 0 Å². The first-order chi connectivity index (χ1) is 14.8. The van der Waals surface area contributed by atoms with Gasteiger partial charge in [-0.3, -0.25) is 4.79 Å². The molecule has 2 rings (SSSR count). The van der Waals surface area contributed by atoms with Gasteiger partial charge in [0.1, 0.15) is 17.3 Å². The third kappa shape index (κ3) is 6.49. The maximum Gasteiger partial charge on any atom is 0.419 e. The lowest BCUT2D eigenvalue weighted by Crippen LogP contribution is -2.49. The molecule has 0 heterocycles. The van der Waals surface area contributed by atoms with E-state index in [0.29, 0.717) is 18.2 Å². The van der Waals surface area contributed by atoms with Gasteiger partial charge in [-0.1, -0.05) is 19.4 Å². The number of hydrogen-bond donors (Lipinski definition) is 1. The maximum absolute atomic E-state index is 13.2. The topological polar surface area (TPSA) is 85.9 Å². The Morgan fingerprint density at radius 2 is 1.61 bits per heavy atom. The van der Waals surface area contributed by atoms with E-state index >= 15 is 0 Å². The highest BCUT2D eigenvalue weighted by Gasteiger charge is 2.65. The van der Waals surface area contributed by atoms with E-state index < -0.39 is 56.2 Å². The largest absolute Gasteiger partial charge is 0.489 e. The van der Waals surface area contributed by atoms with Crippen molar-refractivity contribution in [1.29, 1.82) is 10.5 Å². The van der Waals surface area contributed by atoms with Gasteiger partial charge in [-0.2, -0.15) is 23.7 Å². The second-order valence-corrected chi connectivity index (χ2v) is 9.41. The molecule has 0 aliphatic rings. The normalized spacial score (nSPS) is 15.7. The summed E-state index contributed by atoms with van der Waals surface area (Å²) in [5, 5.41) is 20.3. The van der Waals surface area contributed by atoms with E-state index in [9.17, 15) is 42.7 Å². The molecule has 0 saturated heterocycles. The second kappa shape index (κ2) is 7.52. The summed E-state index contributed by atoms with van der Waals surface area (Å²) in [7, 11) is -9.95. The number of nitriles is 2. The molecule has 14 heteroatoms. The molecular weight excluding hydrogens is 486 g/mol. The first-order valence-electron chi connectivity index (χ1n) is 8.60. The lowest BCUT2D eigenvalue weighted by atomic mass is 10.0. The minimum atomic E-state index is -9.95. The van der Waals surface area contributed by atoms with Crippen LogP contribution in [-0.4, -0.2) is 18.1 Å². The Morgan fingerprint density at radius 1 is 1.03 bits per heavy atom. The summed E-state index contributed by atoms with van der Waals surface area (Å²) in [6.07, 6.45) is -4.86. The predicted octanol–water partition coefficient (Wildman–Crippen LogP) is 6.33. The van der Waals surface area contributed by atoms with Crippen molar-refractivity contribution in [2.45, 2.75) is 23.5 Å². The van der Waals surface area contributed by atoms with Gasteiger partial charge < -0.3 is 10.1 Å². The lowest BCUT2D eigenvalue weighted by Gasteiger charge is -2.40. The molecule has 5 nitrogen and oxygen atoms in total. The van der Waals surface area contributed by atoms with Crippen molar-refractivity contribution in [3.8, 4) is 17.9 Å². The van der Waals surface area contributed by atoms with Crippen molar-refractivity contribution in [1.82, 2.24) is 5.32 Å². The van der Waals surface area contributed by atoms with Crippen molar-refractivity contribution in [3.05, 3.63) is 59.2 Å². The highest BCUT2D eigenvalue weighted by Crippen LogP contribution is 3.02. The van der Waals surface area contributed by atoms with Gasteiger partial charge in [-0.05, 0) is 49.4 Å². The van der Waals surface area contributed by atoms with Crippen LogP contribution in [0.1, 0.15) is 28.4 Å². The van der Waals surface area contributed by atoms with Gasteiger partial charge in [0.15, 0.2) is 5.54 Å². The Morgan fingerprint density at radius 3 is 2.06 bits per heavy atom. The molecule has 2 aromatic carbocycles. The van der Waals surface area contributed by atoms with Gasteiger partial charge in [0.05, 0.1) is 23.3 Å². The van der Waals surface area contributed by atoms with E-state index in [-0.39, 0.29) is 17.7 Å². The summed E-state index contributed by atoms with van der Waals surface area (Å²) in [4.78, 5) is 10.1. The number of benzene rings is 2. The summed E-state index contributed by atoms with van der Waals surface area (Å²) in [6.45, 7) is 0.201. The van der Waals surface area contributed by atoms with E-state index in [0.717, 1.165) is 19.1 Å². The predicted molar refractivity (Wildman–Crippen MR) is 101 cm³/mol. The maximum atomic E-state index is 13.2. The van der Waals surface area contributed by atoms with Gasteiger partial charge >= 0.3 is 16.4 Å². The second-order valence-electron chi connectivity index (χ2n) is 7.00. The Bertz CT molecular complexity index is 1170. The Kier molecular flexibility index (Phi) is 5.86. The van der Waals surface area contributed by atoms with Crippen LogP contribution in [0.2, 0.25) is 0 Å². The number of ether oxygens (including phenoxy) is 1. The molecule has 0 aliphatic carbocycles.